The van der Waals surface area contributed by atoms with Crippen LogP contribution >= 0.6 is 0 Å². The van der Waals surface area contributed by atoms with E-state index in [1.807, 2.05) is 0 Å². The van der Waals surface area contributed by atoms with E-state index in [0.717, 1.165) is 36.3 Å². The first-order valence-corrected chi connectivity index (χ1v) is 11.8. The molecule has 5 rings (SSSR count). The Bertz CT molecular complexity index is 1170. The molecule has 0 amide bonds. The molecule has 3 aromatic rings. The summed E-state index contributed by atoms with van der Waals surface area (Å²) in [5.74, 6) is 1.05. The topological polar surface area (TPSA) is 51.7 Å². The fraction of sp³-hybridized carbons (Fsp3) is 0.357. The van der Waals surface area contributed by atoms with Gasteiger partial charge in [0.05, 0.1) is 19.3 Å². The highest BCUT2D eigenvalue weighted by molar-refractivity contribution is 5.90. The van der Waals surface area contributed by atoms with E-state index < -0.39 is 0 Å². The number of pyridine rings is 1. The van der Waals surface area contributed by atoms with E-state index in [9.17, 15) is 4.79 Å². The number of hydrogen-bond acceptors (Lipinski definition) is 5. The van der Waals surface area contributed by atoms with Crippen LogP contribution in [-0.2, 0) is 24.0 Å². The molecule has 5 nitrogen and oxygen atoms in total. The van der Waals surface area contributed by atoms with Crippen LogP contribution in [0.4, 0.5) is 11.4 Å². The van der Waals surface area contributed by atoms with Crippen LogP contribution in [0.25, 0.3) is 0 Å². The monoisotopic (exact) mass is 442 g/mol. The molecule has 2 aliphatic rings. The van der Waals surface area contributed by atoms with E-state index >= 15 is 0 Å². The third-order valence-corrected chi connectivity index (χ3v) is 7.09. The average molecular weight is 443 g/mol. The zero-order chi connectivity index (χ0) is 22.8. The number of ether oxygens (including phenoxy) is 2. The van der Waals surface area contributed by atoms with Gasteiger partial charge in [0, 0.05) is 36.9 Å². The maximum Gasteiger partial charge on any atom is 0.338 e. The van der Waals surface area contributed by atoms with Gasteiger partial charge in [-0.2, -0.15) is 0 Å². The zero-order valence-electron chi connectivity index (χ0n) is 19.3. The molecule has 0 radical (unpaired) electrons. The largest absolute Gasteiger partial charge is 0.493 e. The summed E-state index contributed by atoms with van der Waals surface area (Å²) in [6.07, 6.45) is 9.75. The molecule has 0 saturated carbocycles. The molecule has 33 heavy (non-hydrogen) atoms. The zero-order valence-corrected chi connectivity index (χ0v) is 19.3. The predicted octanol–water partition coefficient (Wildman–Crippen LogP) is 5.62. The number of fused-ring (bicyclic) bond motifs is 2. The minimum Gasteiger partial charge on any atom is -0.493 e. The van der Waals surface area contributed by atoms with Gasteiger partial charge in [0.15, 0.2) is 0 Å². The van der Waals surface area contributed by atoms with Gasteiger partial charge in [0.25, 0.3) is 0 Å². The van der Waals surface area contributed by atoms with Crippen LogP contribution in [0.3, 0.4) is 0 Å². The molecule has 1 aliphatic carbocycles. The Hall–Kier alpha value is -3.34. The van der Waals surface area contributed by atoms with Crippen molar-refractivity contribution >= 4 is 17.3 Å². The van der Waals surface area contributed by atoms with Crippen molar-refractivity contribution in [3.05, 3.63) is 82.7 Å². The average Bonchev–Trinajstić information content (AvgIpc) is 3.34. The molecule has 0 spiro atoms. The molecule has 2 heterocycles. The van der Waals surface area contributed by atoms with Crippen molar-refractivity contribution in [3.8, 4) is 5.75 Å². The van der Waals surface area contributed by atoms with Crippen molar-refractivity contribution in [2.75, 3.05) is 25.7 Å². The molecule has 0 fully saturated rings. The second kappa shape index (κ2) is 9.26. The Morgan fingerprint density at radius 3 is 2.82 bits per heavy atom. The molecule has 1 aromatic heterocycles. The number of anilines is 2. The maximum absolute atomic E-state index is 12.1. The maximum atomic E-state index is 12.1. The van der Waals surface area contributed by atoms with Gasteiger partial charge >= 0.3 is 5.97 Å². The standard InChI is InChI=1S/C28H30N2O3/c1-30(23-9-8-19-4-3-5-21(19)16-23)24-10-11-25-20(13-15-33-27(25)17-24)6-7-22-18-29-14-12-26(22)28(31)32-2/h8-12,14,16-18,20H,3-7,13,15H2,1-2H3/t20-/m1/s1. The lowest BCUT2D eigenvalue weighted by atomic mass is 9.87. The van der Waals surface area contributed by atoms with Gasteiger partial charge in [-0.15, -0.1) is 0 Å². The smallest absolute Gasteiger partial charge is 0.338 e. The molecule has 170 valence electrons. The van der Waals surface area contributed by atoms with Gasteiger partial charge in [-0.1, -0.05) is 12.1 Å². The highest BCUT2D eigenvalue weighted by Crippen LogP contribution is 2.40. The first kappa shape index (κ1) is 21.5. The van der Waals surface area contributed by atoms with Crippen molar-refractivity contribution in [3.63, 3.8) is 0 Å². The number of esters is 1. The van der Waals surface area contributed by atoms with E-state index in [1.54, 1.807) is 18.5 Å². The highest BCUT2D eigenvalue weighted by atomic mass is 16.5. The van der Waals surface area contributed by atoms with Crippen LogP contribution in [0.5, 0.6) is 5.75 Å². The number of rotatable bonds is 6. The molecule has 0 N–H and O–H groups in total. The molecule has 0 bridgehead atoms. The Balaban J connectivity index is 1.33. The van der Waals surface area contributed by atoms with E-state index in [4.69, 9.17) is 9.47 Å². The molecule has 0 saturated heterocycles. The van der Waals surface area contributed by atoms with E-state index in [-0.39, 0.29) is 5.97 Å². The van der Waals surface area contributed by atoms with Crippen molar-refractivity contribution in [1.29, 1.82) is 0 Å². The van der Waals surface area contributed by atoms with Crippen LogP contribution in [0.15, 0.2) is 54.9 Å². The number of aryl methyl sites for hydroxylation is 3. The van der Waals surface area contributed by atoms with Crippen molar-refractivity contribution in [1.82, 2.24) is 4.98 Å². The third kappa shape index (κ3) is 4.32. The number of aromatic nitrogens is 1. The van der Waals surface area contributed by atoms with Crippen molar-refractivity contribution in [2.24, 2.45) is 0 Å². The Morgan fingerprint density at radius 1 is 1.12 bits per heavy atom. The second-order valence-electron chi connectivity index (χ2n) is 8.98. The molecular weight excluding hydrogens is 412 g/mol. The number of nitrogens with zero attached hydrogens (tertiary/aromatic N) is 2. The Kier molecular flexibility index (Phi) is 6.03. The van der Waals surface area contributed by atoms with Crippen LogP contribution in [0.2, 0.25) is 0 Å². The highest BCUT2D eigenvalue weighted by Gasteiger charge is 2.23. The second-order valence-corrected chi connectivity index (χ2v) is 8.98. The summed E-state index contributed by atoms with van der Waals surface area (Å²) in [6, 6.07) is 15.1. The lowest BCUT2D eigenvalue weighted by Gasteiger charge is -2.28. The summed E-state index contributed by atoms with van der Waals surface area (Å²) in [7, 11) is 3.54. The van der Waals surface area contributed by atoms with Crippen molar-refractivity contribution < 1.29 is 14.3 Å². The molecule has 0 unspecified atom stereocenters. The number of carbonyl (C=O) groups excluding carboxylic acids is 1. The lowest BCUT2D eigenvalue weighted by Crippen LogP contribution is -2.17. The third-order valence-electron chi connectivity index (χ3n) is 7.09. The normalized spacial score (nSPS) is 16.5. The van der Waals surface area contributed by atoms with Gasteiger partial charge < -0.3 is 14.4 Å². The van der Waals surface area contributed by atoms with E-state index in [0.29, 0.717) is 18.1 Å². The molecule has 5 heteroatoms. The summed E-state index contributed by atoms with van der Waals surface area (Å²) in [6.45, 7) is 0.709. The predicted molar refractivity (Wildman–Crippen MR) is 130 cm³/mol. The van der Waals surface area contributed by atoms with E-state index in [2.05, 4.69) is 53.3 Å². The van der Waals surface area contributed by atoms with Gasteiger partial charge in [0.1, 0.15) is 5.75 Å². The first-order valence-electron chi connectivity index (χ1n) is 11.8. The fourth-order valence-corrected chi connectivity index (χ4v) is 5.14. The van der Waals surface area contributed by atoms with Crippen LogP contribution < -0.4 is 9.64 Å². The number of methoxy groups -OCH3 is 1. The van der Waals surface area contributed by atoms with E-state index in [1.165, 1.54) is 48.8 Å². The van der Waals surface area contributed by atoms with Gasteiger partial charge in [-0.25, -0.2) is 4.79 Å². The summed E-state index contributed by atoms with van der Waals surface area (Å²) in [5.41, 5.74) is 8.11. The number of benzene rings is 2. The SMILES string of the molecule is COC(=O)c1ccncc1CC[C@@H]1CCOc2cc(N(C)c3ccc4c(c3)CCC4)ccc21. The summed E-state index contributed by atoms with van der Waals surface area (Å²) in [4.78, 5) is 18.5. The quantitative estimate of drug-likeness (QED) is 0.464. The molecular formula is C28H30N2O3. The molecule has 1 aliphatic heterocycles. The first-order chi connectivity index (χ1) is 16.1. The number of carbonyl (C=O) groups is 1. The summed E-state index contributed by atoms with van der Waals surface area (Å²) in [5, 5.41) is 0. The summed E-state index contributed by atoms with van der Waals surface area (Å²) < 4.78 is 11.0. The molecule has 1 atom stereocenters. The lowest BCUT2D eigenvalue weighted by molar-refractivity contribution is 0.0599. The Morgan fingerprint density at radius 2 is 1.94 bits per heavy atom. The Labute approximate surface area is 195 Å². The van der Waals surface area contributed by atoms with Gasteiger partial charge in [-0.3, -0.25) is 4.98 Å². The molecule has 2 aromatic carbocycles. The van der Waals surface area contributed by atoms with Crippen LogP contribution in [0, 0.1) is 0 Å². The van der Waals surface area contributed by atoms with Crippen LogP contribution in [-0.4, -0.2) is 31.7 Å². The fourth-order valence-electron chi connectivity index (χ4n) is 5.14. The summed E-state index contributed by atoms with van der Waals surface area (Å²) >= 11 is 0. The van der Waals surface area contributed by atoms with Crippen LogP contribution in [0.1, 0.15) is 57.8 Å². The minimum absolute atomic E-state index is 0.306. The van der Waals surface area contributed by atoms with Crippen molar-refractivity contribution in [2.45, 2.75) is 44.4 Å². The van der Waals surface area contributed by atoms with Gasteiger partial charge in [0.2, 0.25) is 0 Å². The minimum atomic E-state index is -0.306. The van der Waals surface area contributed by atoms with Gasteiger partial charge in [-0.05, 0) is 91.0 Å². The number of hydrogen-bond donors (Lipinski definition) is 0.